The summed E-state index contributed by atoms with van der Waals surface area (Å²) < 4.78 is 11.4. The molecule has 1 fully saturated rings. The Kier molecular flexibility index (Phi) is 3.84. The average molecular weight is 299 g/mol. The van der Waals surface area contributed by atoms with E-state index >= 15 is 0 Å². The maximum absolute atomic E-state index is 11.6. The predicted molar refractivity (Wildman–Crippen MR) is 67.7 cm³/mol. The molecule has 17 heavy (non-hydrogen) atoms. The van der Waals surface area contributed by atoms with E-state index in [-0.39, 0.29) is 11.4 Å². The molecule has 0 bridgehead atoms. The Balaban J connectivity index is 1.79. The molecule has 1 aliphatic heterocycles. The van der Waals surface area contributed by atoms with Crippen molar-refractivity contribution >= 4 is 21.9 Å². The fourth-order valence-electron chi connectivity index (χ4n) is 1.61. The first-order valence-electron chi connectivity index (χ1n) is 5.55. The minimum atomic E-state index is -0.180. The maximum Gasteiger partial charge on any atom is 0.310 e. The van der Waals surface area contributed by atoms with Crippen molar-refractivity contribution in [3.05, 3.63) is 34.3 Å². The van der Waals surface area contributed by atoms with Gasteiger partial charge < -0.3 is 9.47 Å². The number of rotatable bonds is 4. The molecule has 0 aromatic heterocycles. The molecule has 1 aromatic rings. The van der Waals surface area contributed by atoms with E-state index in [0.29, 0.717) is 26.2 Å². The third-order valence-electron chi connectivity index (χ3n) is 2.74. The highest BCUT2D eigenvalue weighted by Gasteiger charge is 2.34. The number of halogens is 1. The molecule has 1 saturated heterocycles. The third-order valence-corrected chi connectivity index (χ3v) is 3.27. The van der Waals surface area contributed by atoms with E-state index in [2.05, 4.69) is 22.9 Å². The molecule has 0 atom stereocenters. The molecule has 92 valence electrons. The molecule has 0 radical (unpaired) electrons. The Morgan fingerprint density at radius 3 is 2.59 bits per heavy atom. The van der Waals surface area contributed by atoms with E-state index in [9.17, 15) is 4.79 Å². The summed E-state index contributed by atoms with van der Waals surface area (Å²) in [6, 6.07) is 7.67. The second-order valence-corrected chi connectivity index (χ2v) is 5.68. The van der Waals surface area contributed by atoms with Crippen LogP contribution in [0.25, 0.3) is 0 Å². The fourth-order valence-corrected chi connectivity index (χ4v) is 1.87. The van der Waals surface area contributed by atoms with Crippen molar-refractivity contribution in [3.8, 4) is 0 Å². The van der Waals surface area contributed by atoms with Gasteiger partial charge in [0.15, 0.2) is 0 Å². The van der Waals surface area contributed by atoms with Gasteiger partial charge in [0.1, 0.15) is 6.61 Å². The molecule has 4 heteroatoms. The summed E-state index contributed by atoms with van der Waals surface area (Å²) in [5.74, 6) is -0.180. The van der Waals surface area contributed by atoms with Crippen molar-refractivity contribution in [1.82, 2.24) is 0 Å². The van der Waals surface area contributed by atoms with Crippen LogP contribution in [-0.4, -0.2) is 25.8 Å². The highest BCUT2D eigenvalue weighted by Crippen LogP contribution is 2.26. The van der Waals surface area contributed by atoms with Crippen LogP contribution >= 0.6 is 15.9 Å². The third kappa shape index (κ3) is 3.54. The summed E-state index contributed by atoms with van der Waals surface area (Å²) in [5, 5.41) is 0. The SMILES string of the molecule is CC1(COC(=O)Cc2ccc(Br)cc2)COC1. The first kappa shape index (κ1) is 12.6. The number of esters is 1. The number of ether oxygens (including phenoxy) is 2. The predicted octanol–water partition coefficient (Wildman–Crippen LogP) is 2.57. The standard InChI is InChI=1S/C13H15BrO3/c1-13(7-16-8-13)9-17-12(15)6-10-2-4-11(14)5-3-10/h2-5H,6-9H2,1H3. The molecule has 0 saturated carbocycles. The Morgan fingerprint density at radius 2 is 2.06 bits per heavy atom. The van der Waals surface area contributed by atoms with E-state index in [1.807, 2.05) is 24.3 Å². The highest BCUT2D eigenvalue weighted by atomic mass is 79.9. The normalized spacial score (nSPS) is 17.3. The molecule has 0 amide bonds. The molecular formula is C13H15BrO3. The van der Waals surface area contributed by atoms with Gasteiger partial charge in [-0.25, -0.2) is 0 Å². The van der Waals surface area contributed by atoms with Crippen LogP contribution < -0.4 is 0 Å². The molecule has 0 N–H and O–H groups in total. The smallest absolute Gasteiger partial charge is 0.310 e. The molecule has 0 unspecified atom stereocenters. The topological polar surface area (TPSA) is 35.5 Å². The van der Waals surface area contributed by atoms with Crippen LogP contribution in [0.5, 0.6) is 0 Å². The van der Waals surface area contributed by atoms with Crippen LogP contribution in [0.15, 0.2) is 28.7 Å². The number of carbonyl (C=O) groups excluding carboxylic acids is 1. The van der Waals surface area contributed by atoms with E-state index in [0.717, 1.165) is 10.0 Å². The summed E-state index contributed by atoms with van der Waals surface area (Å²) in [6.45, 7) is 3.86. The Morgan fingerprint density at radius 1 is 1.41 bits per heavy atom. The largest absolute Gasteiger partial charge is 0.465 e. The van der Waals surface area contributed by atoms with Crippen LogP contribution in [0.1, 0.15) is 12.5 Å². The summed E-state index contributed by atoms with van der Waals surface area (Å²) >= 11 is 3.36. The summed E-state index contributed by atoms with van der Waals surface area (Å²) in [7, 11) is 0. The second kappa shape index (κ2) is 5.19. The molecular weight excluding hydrogens is 284 g/mol. The zero-order chi connectivity index (χ0) is 12.3. The van der Waals surface area contributed by atoms with E-state index < -0.39 is 0 Å². The first-order valence-corrected chi connectivity index (χ1v) is 6.35. The van der Waals surface area contributed by atoms with Crippen LogP contribution in [0.3, 0.4) is 0 Å². The van der Waals surface area contributed by atoms with Crippen molar-refractivity contribution < 1.29 is 14.3 Å². The van der Waals surface area contributed by atoms with Crippen molar-refractivity contribution in [2.75, 3.05) is 19.8 Å². The zero-order valence-electron chi connectivity index (χ0n) is 9.74. The second-order valence-electron chi connectivity index (χ2n) is 4.77. The van der Waals surface area contributed by atoms with Gasteiger partial charge >= 0.3 is 5.97 Å². The van der Waals surface area contributed by atoms with Gasteiger partial charge in [-0.3, -0.25) is 4.79 Å². The highest BCUT2D eigenvalue weighted by molar-refractivity contribution is 9.10. The van der Waals surface area contributed by atoms with Gasteiger partial charge in [0.25, 0.3) is 0 Å². The molecule has 1 aromatic carbocycles. The Hall–Kier alpha value is -0.870. The lowest BCUT2D eigenvalue weighted by Gasteiger charge is -2.37. The van der Waals surface area contributed by atoms with Gasteiger partial charge in [0.05, 0.1) is 19.6 Å². The van der Waals surface area contributed by atoms with Crippen LogP contribution in [0, 0.1) is 5.41 Å². The number of hydrogen-bond acceptors (Lipinski definition) is 3. The first-order chi connectivity index (χ1) is 8.07. The van der Waals surface area contributed by atoms with E-state index in [4.69, 9.17) is 9.47 Å². The maximum atomic E-state index is 11.6. The van der Waals surface area contributed by atoms with Gasteiger partial charge in [-0.05, 0) is 17.7 Å². The monoisotopic (exact) mass is 298 g/mol. The van der Waals surface area contributed by atoms with Crippen molar-refractivity contribution in [1.29, 1.82) is 0 Å². The van der Waals surface area contributed by atoms with Crippen LogP contribution in [0.2, 0.25) is 0 Å². The van der Waals surface area contributed by atoms with Crippen molar-refractivity contribution in [3.63, 3.8) is 0 Å². The van der Waals surface area contributed by atoms with Crippen molar-refractivity contribution in [2.24, 2.45) is 5.41 Å². The number of carbonyl (C=O) groups is 1. The minimum absolute atomic E-state index is 0.0232. The summed E-state index contributed by atoms with van der Waals surface area (Å²) in [4.78, 5) is 11.6. The fraction of sp³-hybridized carbons (Fsp3) is 0.462. The van der Waals surface area contributed by atoms with Gasteiger partial charge in [-0.2, -0.15) is 0 Å². The average Bonchev–Trinajstić information content (AvgIpc) is 2.27. The van der Waals surface area contributed by atoms with Gasteiger partial charge in [0.2, 0.25) is 0 Å². The molecule has 1 heterocycles. The molecule has 2 rings (SSSR count). The van der Waals surface area contributed by atoms with E-state index in [1.165, 1.54) is 0 Å². The quantitative estimate of drug-likeness (QED) is 0.802. The molecule has 1 aliphatic rings. The number of hydrogen-bond donors (Lipinski definition) is 0. The van der Waals surface area contributed by atoms with Gasteiger partial charge in [0, 0.05) is 9.89 Å². The molecule has 0 aliphatic carbocycles. The van der Waals surface area contributed by atoms with Gasteiger partial charge in [-0.15, -0.1) is 0 Å². The molecule has 3 nitrogen and oxygen atoms in total. The van der Waals surface area contributed by atoms with Crippen LogP contribution in [-0.2, 0) is 20.7 Å². The lowest BCUT2D eigenvalue weighted by Crippen LogP contribution is -2.44. The lowest BCUT2D eigenvalue weighted by molar-refractivity contribution is -0.164. The van der Waals surface area contributed by atoms with E-state index in [1.54, 1.807) is 0 Å². The number of benzene rings is 1. The lowest BCUT2D eigenvalue weighted by atomic mass is 9.90. The molecule has 0 spiro atoms. The minimum Gasteiger partial charge on any atom is -0.465 e. The van der Waals surface area contributed by atoms with Crippen molar-refractivity contribution in [2.45, 2.75) is 13.3 Å². The zero-order valence-corrected chi connectivity index (χ0v) is 11.3. The Labute approximate surface area is 109 Å². The Bertz CT molecular complexity index is 396. The van der Waals surface area contributed by atoms with Crippen LogP contribution in [0.4, 0.5) is 0 Å². The summed E-state index contributed by atoms with van der Waals surface area (Å²) in [6.07, 6.45) is 0.324. The van der Waals surface area contributed by atoms with Gasteiger partial charge in [-0.1, -0.05) is 35.0 Å². The summed E-state index contributed by atoms with van der Waals surface area (Å²) in [5.41, 5.74) is 0.989.